The molecule has 0 saturated heterocycles. The molecule has 0 spiro atoms. The Bertz CT molecular complexity index is 605. The lowest BCUT2D eigenvalue weighted by molar-refractivity contribution is -0.136. The Morgan fingerprint density at radius 3 is 2.57 bits per heavy atom. The van der Waals surface area contributed by atoms with Gasteiger partial charge in [0.05, 0.1) is 23.7 Å². The quantitative estimate of drug-likeness (QED) is 0.536. The Labute approximate surface area is 188 Å². The zero-order valence-electron chi connectivity index (χ0n) is 17.9. The van der Waals surface area contributed by atoms with Crippen LogP contribution in [0.3, 0.4) is 0 Å². The van der Waals surface area contributed by atoms with Crippen LogP contribution in [0, 0.1) is 0 Å². The molecule has 2 amide bonds. The zero-order chi connectivity index (χ0) is 21.3. The van der Waals surface area contributed by atoms with E-state index in [-0.39, 0.29) is 23.1 Å². The number of nitrogens with one attached hydrogen (secondary N) is 1. The van der Waals surface area contributed by atoms with Crippen LogP contribution in [0.25, 0.3) is 0 Å². The third-order valence-corrected chi connectivity index (χ3v) is 8.53. The number of carbonyl (C=O) groups excluding carboxylic acids is 1. The van der Waals surface area contributed by atoms with E-state index in [0.717, 1.165) is 51.6 Å². The smallest absolute Gasteiger partial charge is 0.323 e. The number of hydrogen-bond acceptors (Lipinski definition) is 6. The van der Waals surface area contributed by atoms with Crippen LogP contribution in [0.4, 0.5) is 4.79 Å². The van der Waals surface area contributed by atoms with E-state index in [1.165, 1.54) is 12.8 Å². The van der Waals surface area contributed by atoms with Gasteiger partial charge in [0.15, 0.2) is 5.17 Å². The lowest BCUT2D eigenvalue weighted by Gasteiger charge is -2.40. The summed E-state index contributed by atoms with van der Waals surface area (Å²) < 4.78 is 6.12. The summed E-state index contributed by atoms with van der Waals surface area (Å²) in [6.07, 6.45) is 10.2. The highest BCUT2D eigenvalue weighted by Crippen LogP contribution is 2.33. The largest absolute Gasteiger partial charge is 0.481 e. The van der Waals surface area contributed by atoms with Crippen molar-refractivity contribution in [2.24, 2.45) is 4.99 Å². The van der Waals surface area contributed by atoms with E-state index in [9.17, 15) is 9.59 Å². The molecule has 2 saturated carbocycles. The van der Waals surface area contributed by atoms with Gasteiger partial charge in [-0.2, -0.15) is 0 Å². The van der Waals surface area contributed by atoms with E-state index in [2.05, 4.69) is 22.1 Å². The lowest BCUT2D eigenvalue weighted by Crippen LogP contribution is -2.53. The Morgan fingerprint density at radius 1 is 1.20 bits per heavy atom. The van der Waals surface area contributed by atoms with Crippen molar-refractivity contribution >= 4 is 40.7 Å². The van der Waals surface area contributed by atoms with Crippen LogP contribution >= 0.6 is 23.5 Å². The number of rotatable bonds is 9. The van der Waals surface area contributed by atoms with Gasteiger partial charge < -0.3 is 14.7 Å². The van der Waals surface area contributed by atoms with Gasteiger partial charge >= 0.3 is 12.0 Å². The van der Waals surface area contributed by atoms with Gasteiger partial charge in [0.2, 0.25) is 0 Å². The molecule has 1 heterocycles. The highest BCUT2D eigenvalue weighted by Gasteiger charge is 2.36. The van der Waals surface area contributed by atoms with Gasteiger partial charge in [0.25, 0.3) is 0 Å². The molecule has 9 heteroatoms. The van der Waals surface area contributed by atoms with Crippen molar-refractivity contribution in [3.8, 4) is 0 Å². The van der Waals surface area contributed by atoms with Crippen molar-refractivity contribution in [2.45, 2.75) is 93.9 Å². The average molecular weight is 458 g/mol. The molecule has 1 atom stereocenters. The van der Waals surface area contributed by atoms with Gasteiger partial charge in [-0.3, -0.25) is 15.1 Å². The molecule has 0 bridgehead atoms. The minimum Gasteiger partial charge on any atom is -0.481 e. The molecular weight excluding hydrogens is 422 g/mol. The first-order valence-electron chi connectivity index (χ1n) is 11.3. The molecule has 2 aliphatic carbocycles. The number of carboxylic acid groups (broad SMARTS) is 1. The van der Waals surface area contributed by atoms with E-state index in [0.29, 0.717) is 29.6 Å². The van der Waals surface area contributed by atoms with E-state index in [1.807, 2.05) is 0 Å². The van der Waals surface area contributed by atoms with Gasteiger partial charge in [-0.25, -0.2) is 4.79 Å². The molecule has 3 rings (SSSR count). The Kier molecular flexibility index (Phi) is 9.64. The van der Waals surface area contributed by atoms with Crippen LogP contribution < -0.4 is 5.32 Å². The molecule has 1 aliphatic heterocycles. The van der Waals surface area contributed by atoms with E-state index in [1.54, 1.807) is 23.5 Å². The maximum atomic E-state index is 13.3. The summed E-state index contributed by atoms with van der Waals surface area (Å²) >= 11 is 3.15. The Hall–Kier alpha value is -0.930. The topological polar surface area (TPSA) is 91.2 Å². The number of ether oxygens (including phenoxy) is 1. The fourth-order valence-corrected chi connectivity index (χ4v) is 6.80. The number of thioether (sulfide) groups is 2. The first-order chi connectivity index (χ1) is 14.6. The number of nitrogens with zero attached hydrogens (tertiary/aromatic N) is 2. The number of amidine groups is 1. The number of aliphatic imine (C=N–C) groups is 1. The number of hydrogen-bond donors (Lipinski definition) is 2. The number of carboxylic acids is 1. The van der Waals surface area contributed by atoms with Gasteiger partial charge in [-0.05, 0) is 44.9 Å². The Balaban J connectivity index is 1.51. The standard InChI is InChI=1S/C21H35N3O4S2/c1-2-12-28-17-9-7-16(8-10-17)24(15-5-3-4-6-15)21(27)23-20-22-14-19(30-20)29-13-11-18(25)26/h15-17,19H,2-14H2,1H3,(H,25,26)(H,22,23,27)/t16-,17-,19?. The van der Waals surface area contributed by atoms with Crippen LogP contribution in [-0.2, 0) is 9.53 Å². The summed E-state index contributed by atoms with van der Waals surface area (Å²) in [6.45, 7) is 3.58. The van der Waals surface area contributed by atoms with Crippen LogP contribution in [0.15, 0.2) is 4.99 Å². The zero-order valence-corrected chi connectivity index (χ0v) is 19.5. The molecule has 0 aromatic carbocycles. The summed E-state index contributed by atoms with van der Waals surface area (Å²) in [5, 5.41) is 12.5. The molecule has 1 unspecified atom stereocenters. The van der Waals surface area contributed by atoms with E-state index < -0.39 is 5.97 Å². The van der Waals surface area contributed by atoms with Gasteiger partial charge in [-0.1, -0.05) is 31.5 Å². The number of amides is 2. The van der Waals surface area contributed by atoms with Gasteiger partial charge in [0, 0.05) is 24.4 Å². The highest BCUT2D eigenvalue weighted by molar-refractivity contribution is 8.25. The number of carbonyl (C=O) groups is 2. The summed E-state index contributed by atoms with van der Waals surface area (Å²) in [5.74, 6) is -0.205. The van der Waals surface area contributed by atoms with E-state index in [4.69, 9.17) is 9.84 Å². The second-order valence-electron chi connectivity index (χ2n) is 8.28. The molecule has 0 radical (unpaired) electrons. The van der Waals surface area contributed by atoms with Crippen molar-refractivity contribution in [3.63, 3.8) is 0 Å². The summed E-state index contributed by atoms with van der Waals surface area (Å²) in [6, 6.07) is 0.598. The predicted octanol–water partition coefficient (Wildman–Crippen LogP) is 4.32. The monoisotopic (exact) mass is 457 g/mol. The SMILES string of the molecule is CCCO[C@H]1CC[C@H](N(C(=O)NC2=NCC(SCCC(=O)O)S2)C2CCCC2)CC1. The highest BCUT2D eigenvalue weighted by atomic mass is 32.2. The maximum absolute atomic E-state index is 13.3. The molecule has 30 heavy (non-hydrogen) atoms. The minimum atomic E-state index is -0.776. The maximum Gasteiger partial charge on any atom is 0.323 e. The molecule has 7 nitrogen and oxygen atoms in total. The fourth-order valence-electron chi connectivity index (χ4n) is 4.53. The van der Waals surface area contributed by atoms with Crippen molar-refractivity contribution < 1.29 is 19.4 Å². The van der Waals surface area contributed by atoms with Crippen LogP contribution in [-0.4, -0.2) is 68.8 Å². The molecule has 170 valence electrons. The van der Waals surface area contributed by atoms with Crippen LogP contribution in [0.2, 0.25) is 0 Å². The van der Waals surface area contributed by atoms with Crippen molar-refractivity contribution in [1.29, 1.82) is 0 Å². The molecule has 0 aromatic rings. The molecule has 0 aromatic heterocycles. The second kappa shape index (κ2) is 12.2. The Morgan fingerprint density at radius 2 is 1.90 bits per heavy atom. The van der Waals surface area contributed by atoms with Crippen LogP contribution in [0.1, 0.15) is 71.1 Å². The van der Waals surface area contributed by atoms with E-state index >= 15 is 0 Å². The average Bonchev–Trinajstić information content (AvgIpc) is 3.40. The molecular formula is C21H35N3O4S2. The third kappa shape index (κ3) is 7.05. The fraction of sp³-hybridized carbons (Fsp3) is 0.857. The summed E-state index contributed by atoms with van der Waals surface area (Å²) in [7, 11) is 0. The van der Waals surface area contributed by atoms with Crippen molar-refractivity contribution in [1.82, 2.24) is 10.2 Å². The third-order valence-electron chi connectivity index (χ3n) is 6.01. The lowest BCUT2D eigenvalue weighted by atomic mass is 9.91. The van der Waals surface area contributed by atoms with Gasteiger partial charge in [-0.15, -0.1) is 11.8 Å². The second-order valence-corrected chi connectivity index (χ2v) is 11.1. The molecule has 2 fully saturated rings. The summed E-state index contributed by atoms with van der Waals surface area (Å²) in [4.78, 5) is 30.6. The molecule has 3 aliphatic rings. The number of urea groups is 1. The number of aliphatic carboxylic acids is 1. The molecule has 2 N–H and O–H groups in total. The minimum absolute atomic E-state index is 0.0118. The first-order valence-corrected chi connectivity index (χ1v) is 13.2. The van der Waals surface area contributed by atoms with Crippen molar-refractivity contribution in [2.75, 3.05) is 18.9 Å². The first kappa shape index (κ1) is 23.7. The predicted molar refractivity (Wildman–Crippen MR) is 123 cm³/mol. The van der Waals surface area contributed by atoms with Crippen LogP contribution in [0.5, 0.6) is 0 Å². The van der Waals surface area contributed by atoms with Gasteiger partial charge in [0.1, 0.15) is 0 Å². The normalized spacial score (nSPS) is 27.1. The van der Waals surface area contributed by atoms with Crippen molar-refractivity contribution in [3.05, 3.63) is 0 Å². The summed E-state index contributed by atoms with van der Waals surface area (Å²) in [5.41, 5.74) is 0.